The van der Waals surface area contributed by atoms with E-state index >= 15 is 0 Å². The number of rotatable bonds is 3. The molecule has 1 aromatic heterocycles. The normalized spacial score (nSPS) is 23.7. The van der Waals surface area contributed by atoms with Crippen molar-refractivity contribution in [2.24, 2.45) is 5.92 Å². The molecular formula is C13H19ClN3O+. The van der Waals surface area contributed by atoms with E-state index < -0.39 is 0 Å². The molecule has 1 amide bonds. The number of aromatic nitrogens is 1. The van der Waals surface area contributed by atoms with Crippen LogP contribution in [0.4, 0.5) is 5.69 Å². The fraction of sp³-hybridized carbons (Fsp3) is 0.538. The zero-order valence-electron chi connectivity index (χ0n) is 10.6. The van der Waals surface area contributed by atoms with Crippen LogP contribution < -0.4 is 10.2 Å². The number of quaternary nitrogens is 1. The highest BCUT2D eigenvalue weighted by molar-refractivity contribution is 6.32. The maximum atomic E-state index is 11.9. The Balaban J connectivity index is 1.87. The van der Waals surface area contributed by atoms with Gasteiger partial charge in [-0.2, -0.15) is 0 Å². The first-order valence-electron chi connectivity index (χ1n) is 6.39. The SMILES string of the molecule is C[C@@H]1CCC[NH+](CC(=O)Nc2cccnc2Cl)C1. The fourth-order valence-electron chi connectivity index (χ4n) is 2.46. The van der Waals surface area contributed by atoms with Crippen LogP contribution in [-0.4, -0.2) is 30.5 Å². The number of nitrogens with zero attached hydrogens (tertiary/aromatic N) is 1. The maximum Gasteiger partial charge on any atom is 0.279 e. The largest absolute Gasteiger partial charge is 0.327 e. The van der Waals surface area contributed by atoms with Crippen molar-refractivity contribution < 1.29 is 9.69 Å². The van der Waals surface area contributed by atoms with Crippen LogP contribution in [0.2, 0.25) is 5.15 Å². The Hall–Kier alpha value is -1.13. The van der Waals surface area contributed by atoms with E-state index in [1.807, 2.05) is 0 Å². The van der Waals surface area contributed by atoms with E-state index in [4.69, 9.17) is 11.6 Å². The first-order chi connectivity index (χ1) is 8.65. The molecule has 1 unspecified atom stereocenters. The van der Waals surface area contributed by atoms with Crippen molar-refractivity contribution in [1.82, 2.24) is 4.98 Å². The van der Waals surface area contributed by atoms with Crippen molar-refractivity contribution in [3.8, 4) is 0 Å². The number of halogens is 1. The zero-order valence-corrected chi connectivity index (χ0v) is 11.3. The Morgan fingerprint density at radius 2 is 2.50 bits per heavy atom. The number of carbonyl (C=O) groups excluding carboxylic acids is 1. The highest BCUT2D eigenvalue weighted by Gasteiger charge is 2.22. The third-order valence-electron chi connectivity index (χ3n) is 3.31. The maximum absolute atomic E-state index is 11.9. The van der Waals surface area contributed by atoms with E-state index in [1.54, 1.807) is 18.3 Å². The van der Waals surface area contributed by atoms with Gasteiger partial charge in [-0.25, -0.2) is 4.98 Å². The zero-order chi connectivity index (χ0) is 13.0. The molecule has 1 saturated heterocycles. The van der Waals surface area contributed by atoms with Crippen LogP contribution in [0.3, 0.4) is 0 Å². The van der Waals surface area contributed by atoms with Gasteiger partial charge in [0.1, 0.15) is 0 Å². The van der Waals surface area contributed by atoms with E-state index in [0.29, 0.717) is 23.3 Å². The summed E-state index contributed by atoms with van der Waals surface area (Å²) in [6.07, 6.45) is 4.09. The number of piperidine rings is 1. The number of carbonyl (C=O) groups is 1. The van der Waals surface area contributed by atoms with Crippen LogP contribution in [0.1, 0.15) is 19.8 Å². The molecule has 2 N–H and O–H groups in total. The molecule has 4 nitrogen and oxygen atoms in total. The van der Waals surface area contributed by atoms with Crippen LogP contribution in [0.5, 0.6) is 0 Å². The van der Waals surface area contributed by atoms with Crippen LogP contribution >= 0.6 is 11.6 Å². The highest BCUT2D eigenvalue weighted by atomic mass is 35.5. The Bertz CT molecular complexity index is 424. The summed E-state index contributed by atoms with van der Waals surface area (Å²) in [7, 11) is 0. The Labute approximate surface area is 112 Å². The molecule has 2 heterocycles. The summed E-state index contributed by atoms with van der Waals surface area (Å²) in [5, 5.41) is 3.16. The lowest BCUT2D eigenvalue weighted by atomic mass is 10.0. The van der Waals surface area contributed by atoms with Gasteiger partial charge in [-0.3, -0.25) is 4.79 Å². The van der Waals surface area contributed by atoms with Gasteiger partial charge in [-0.1, -0.05) is 18.5 Å². The topological polar surface area (TPSA) is 46.4 Å². The molecule has 0 bridgehead atoms. The summed E-state index contributed by atoms with van der Waals surface area (Å²) in [4.78, 5) is 17.2. The number of nitrogens with one attached hydrogen (secondary N) is 2. The molecule has 98 valence electrons. The molecule has 0 saturated carbocycles. The lowest BCUT2D eigenvalue weighted by molar-refractivity contribution is -0.900. The van der Waals surface area contributed by atoms with Gasteiger partial charge >= 0.3 is 0 Å². The van der Waals surface area contributed by atoms with E-state index in [2.05, 4.69) is 17.2 Å². The lowest BCUT2D eigenvalue weighted by Crippen LogP contribution is -3.14. The molecule has 1 aliphatic rings. The van der Waals surface area contributed by atoms with Gasteiger partial charge in [0.05, 0.1) is 18.8 Å². The monoisotopic (exact) mass is 268 g/mol. The second-order valence-corrected chi connectivity index (χ2v) is 5.38. The number of anilines is 1. The number of amides is 1. The van der Waals surface area contributed by atoms with E-state index in [9.17, 15) is 4.79 Å². The molecule has 0 aliphatic carbocycles. The average molecular weight is 269 g/mol. The average Bonchev–Trinajstić information content (AvgIpc) is 2.32. The summed E-state index contributed by atoms with van der Waals surface area (Å²) in [5.74, 6) is 0.720. The Morgan fingerprint density at radius 1 is 1.67 bits per heavy atom. The quantitative estimate of drug-likeness (QED) is 0.803. The van der Waals surface area contributed by atoms with Crippen LogP contribution in [-0.2, 0) is 4.79 Å². The predicted octanol–water partition coefficient (Wildman–Crippen LogP) is 0.988. The minimum Gasteiger partial charge on any atom is -0.327 e. The van der Waals surface area contributed by atoms with Crippen LogP contribution in [0, 0.1) is 5.92 Å². The van der Waals surface area contributed by atoms with Gasteiger partial charge in [-0.15, -0.1) is 0 Å². The highest BCUT2D eigenvalue weighted by Crippen LogP contribution is 2.16. The molecule has 1 aromatic rings. The third-order valence-corrected chi connectivity index (χ3v) is 3.61. The van der Waals surface area contributed by atoms with Crippen molar-refractivity contribution in [1.29, 1.82) is 0 Å². The molecule has 0 radical (unpaired) electrons. The van der Waals surface area contributed by atoms with Gasteiger partial charge in [0.15, 0.2) is 11.7 Å². The van der Waals surface area contributed by atoms with E-state index in [-0.39, 0.29) is 5.91 Å². The van der Waals surface area contributed by atoms with Crippen molar-refractivity contribution in [3.63, 3.8) is 0 Å². The molecule has 18 heavy (non-hydrogen) atoms. The van der Waals surface area contributed by atoms with Crippen molar-refractivity contribution in [2.75, 3.05) is 25.0 Å². The first kappa shape index (κ1) is 13.3. The van der Waals surface area contributed by atoms with Gasteiger partial charge in [0, 0.05) is 12.1 Å². The molecular weight excluding hydrogens is 250 g/mol. The molecule has 1 fully saturated rings. The number of pyridine rings is 1. The van der Waals surface area contributed by atoms with Gasteiger partial charge < -0.3 is 10.2 Å². The van der Waals surface area contributed by atoms with Crippen molar-refractivity contribution in [2.45, 2.75) is 19.8 Å². The lowest BCUT2D eigenvalue weighted by Gasteiger charge is -2.27. The minimum absolute atomic E-state index is 0.00833. The number of likely N-dealkylation sites (tertiary alicyclic amines) is 1. The summed E-state index contributed by atoms with van der Waals surface area (Å²) >= 11 is 5.90. The number of hydrogen-bond acceptors (Lipinski definition) is 2. The van der Waals surface area contributed by atoms with Gasteiger partial charge in [0.2, 0.25) is 0 Å². The fourth-order valence-corrected chi connectivity index (χ4v) is 2.63. The second kappa shape index (κ2) is 6.16. The standard InChI is InChI=1S/C13H18ClN3O/c1-10-4-3-7-17(8-10)9-12(18)16-11-5-2-6-15-13(11)14/h2,5-6,10H,3-4,7-9H2,1H3,(H,16,18)/p+1/t10-/m1/s1. The molecule has 2 rings (SSSR count). The summed E-state index contributed by atoms with van der Waals surface area (Å²) < 4.78 is 0. The van der Waals surface area contributed by atoms with Crippen molar-refractivity contribution in [3.05, 3.63) is 23.5 Å². The Kier molecular flexibility index (Phi) is 4.55. The third kappa shape index (κ3) is 3.68. The Morgan fingerprint density at radius 3 is 3.22 bits per heavy atom. The second-order valence-electron chi connectivity index (χ2n) is 5.02. The summed E-state index contributed by atoms with van der Waals surface area (Å²) in [6, 6.07) is 3.53. The van der Waals surface area contributed by atoms with Crippen molar-refractivity contribution >= 4 is 23.2 Å². The summed E-state index contributed by atoms with van der Waals surface area (Å²) in [6.45, 7) is 4.91. The number of hydrogen-bond donors (Lipinski definition) is 2. The van der Waals surface area contributed by atoms with Gasteiger partial charge in [-0.05, 0) is 25.0 Å². The smallest absolute Gasteiger partial charge is 0.279 e. The van der Waals surface area contributed by atoms with E-state index in [1.165, 1.54) is 17.7 Å². The molecule has 5 heteroatoms. The molecule has 0 aromatic carbocycles. The molecule has 0 spiro atoms. The predicted molar refractivity (Wildman–Crippen MR) is 71.8 cm³/mol. The van der Waals surface area contributed by atoms with Gasteiger partial charge in [0.25, 0.3) is 5.91 Å². The van der Waals surface area contributed by atoms with Crippen LogP contribution in [0.15, 0.2) is 18.3 Å². The van der Waals surface area contributed by atoms with Crippen LogP contribution in [0.25, 0.3) is 0 Å². The first-order valence-corrected chi connectivity index (χ1v) is 6.77. The molecule has 2 atom stereocenters. The molecule has 1 aliphatic heterocycles. The summed E-state index contributed by atoms with van der Waals surface area (Å²) in [5.41, 5.74) is 0.591. The minimum atomic E-state index is 0.00833. The van der Waals surface area contributed by atoms with E-state index in [0.717, 1.165) is 13.1 Å².